The van der Waals surface area contributed by atoms with Gasteiger partial charge in [-0.25, -0.2) is 0 Å². The van der Waals surface area contributed by atoms with Crippen LogP contribution in [0.4, 0.5) is 0 Å². The van der Waals surface area contributed by atoms with Crippen molar-refractivity contribution in [2.75, 3.05) is 0 Å². The van der Waals surface area contributed by atoms with Gasteiger partial charge in [-0.1, -0.05) is 0 Å². The average Bonchev–Trinajstić information content (AvgIpc) is 2.56. The molecule has 0 unspecified atom stereocenters. The van der Waals surface area contributed by atoms with Gasteiger partial charge in [0.1, 0.15) is 0 Å². The molecule has 0 N–H and O–H groups in total. The number of hydrogen-bond acceptors (Lipinski definition) is 1. The van der Waals surface area contributed by atoms with Crippen LogP contribution < -0.4 is 0 Å². The summed E-state index contributed by atoms with van der Waals surface area (Å²) in [7, 11) is 2.16. The van der Waals surface area contributed by atoms with E-state index in [9.17, 15) is 0 Å². The molecule has 0 aromatic heterocycles. The van der Waals surface area contributed by atoms with Crippen LogP contribution in [0.15, 0.2) is 71.6 Å². The Labute approximate surface area is 156 Å². The van der Waals surface area contributed by atoms with Crippen LogP contribution in [-0.4, -0.2) is 20.3 Å². The first-order valence-corrected chi connectivity index (χ1v) is 20.2. The molecule has 3 aromatic rings. The van der Waals surface area contributed by atoms with Gasteiger partial charge in [0, 0.05) is 0 Å². The Bertz CT molecular complexity index is 788. The molecule has 0 spiro atoms. The van der Waals surface area contributed by atoms with Crippen LogP contribution in [0.25, 0.3) is 22.3 Å². The van der Waals surface area contributed by atoms with Gasteiger partial charge in [-0.3, -0.25) is 0 Å². The summed E-state index contributed by atoms with van der Waals surface area (Å²) in [6.07, 6.45) is 0. The normalized spacial score (nSPS) is 11.0. The molecule has 0 saturated carbocycles. The third kappa shape index (κ3) is 3.76. The van der Waals surface area contributed by atoms with Crippen LogP contribution in [0.3, 0.4) is 0 Å². The van der Waals surface area contributed by atoms with Crippen LogP contribution >= 0.6 is 8.52 Å². The third-order valence-electron chi connectivity index (χ3n) is 4.16. The predicted molar refractivity (Wildman–Crippen MR) is 110 cm³/mol. The molecule has 0 aliphatic heterocycles. The van der Waals surface area contributed by atoms with Crippen molar-refractivity contribution >= 4 is 28.8 Å². The maximum atomic E-state index is 2.47. The van der Waals surface area contributed by atoms with Gasteiger partial charge in [-0.15, -0.1) is 0 Å². The van der Waals surface area contributed by atoms with Crippen LogP contribution in [0.1, 0.15) is 11.1 Å². The van der Waals surface area contributed by atoms with E-state index in [2.05, 4.69) is 98.4 Å². The van der Waals surface area contributed by atoms with Crippen LogP contribution in [0.5, 0.6) is 0 Å². The van der Waals surface area contributed by atoms with Gasteiger partial charge in [0.2, 0.25) is 0 Å². The second-order valence-corrected chi connectivity index (χ2v) is 21.7. The molecule has 2 heteroatoms. The van der Waals surface area contributed by atoms with Crippen molar-refractivity contribution < 1.29 is 0 Å². The molecule has 0 radical (unpaired) electrons. The van der Waals surface area contributed by atoms with Crippen LogP contribution in [0.2, 0.25) is 9.26 Å². The molecule has 0 bridgehead atoms. The summed E-state index contributed by atoms with van der Waals surface area (Å²) in [6.45, 7) is 4.42. The van der Waals surface area contributed by atoms with Gasteiger partial charge in [0.05, 0.1) is 0 Å². The number of rotatable bonds is 4. The monoisotopic (exact) mass is 528 g/mol. The minimum atomic E-state index is -1.45. The summed E-state index contributed by atoms with van der Waals surface area (Å²) < 4.78 is 4.94. The number of hydrogen-bond donors (Lipinski definition) is 0. The van der Waals surface area contributed by atoms with Gasteiger partial charge in [-0.05, 0) is 0 Å². The van der Waals surface area contributed by atoms with E-state index in [-0.39, 0.29) is 0 Å². The fourth-order valence-electron chi connectivity index (χ4n) is 2.99. The van der Waals surface area contributed by atoms with Crippen molar-refractivity contribution in [2.45, 2.75) is 28.0 Å². The van der Waals surface area contributed by atoms with Crippen molar-refractivity contribution in [3.05, 3.63) is 77.9 Å². The molecule has 0 nitrogen and oxygen atoms in total. The third-order valence-corrected chi connectivity index (χ3v) is 11.5. The second kappa shape index (κ2) is 7.85. The predicted octanol–water partition coefficient (Wildman–Crippen LogP) is 6.98. The Morgan fingerprint density at radius 3 is 1.42 bits per heavy atom. The van der Waals surface area contributed by atoms with E-state index >= 15 is 0 Å². The summed E-state index contributed by atoms with van der Waals surface area (Å²) in [5, 5.41) is 0. The van der Waals surface area contributed by atoms with Gasteiger partial charge in [-0.2, -0.15) is 0 Å². The quantitative estimate of drug-likeness (QED) is 0.330. The van der Waals surface area contributed by atoms with Crippen molar-refractivity contribution in [3.63, 3.8) is 0 Å². The molecule has 0 heterocycles. The standard InChI is InChI=1S/C20H18S.2CH3.Bi/c1-14-8-3-5-10-16(14)18-12-7-13-19(20(18)21)17-11-6-4-9-15(17)2;;;/h3-13,21H,1-2H3;2*1H3;/q;;;+1/p-1. The van der Waals surface area contributed by atoms with E-state index in [0.29, 0.717) is 0 Å². The maximum absolute atomic E-state index is 2.47. The molecule has 0 atom stereocenters. The number of aryl methyl sites for hydroxylation is 2. The van der Waals surface area contributed by atoms with Gasteiger partial charge in [0.15, 0.2) is 0 Å². The number of benzene rings is 3. The molecule has 0 aliphatic carbocycles. The summed E-state index contributed by atoms with van der Waals surface area (Å²) in [5.74, 6) is 0. The van der Waals surface area contributed by atoms with E-state index in [1.807, 2.05) is 0 Å². The van der Waals surface area contributed by atoms with Crippen molar-refractivity contribution in [1.29, 1.82) is 0 Å². The second-order valence-electron chi connectivity index (χ2n) is 6.22. The first-order chi connectivity index (χ1) is 11.6. The molecule has 3 aromatic carbocycles. The minimum absolute atomic E-state index is 1.35. The van der Waals surface area contributed by atoms with Crippen molar-refractivity contribution in [3.8, 4) is 22.3 Å². The molecule has 122 valence electrons. The summed E-state index contributed by atoms with van der Waals surface area (Å²) >= 11 is -1.45. The van der Waals surface area contributed by atoms with E-state index in [0.717, 1.165) is 0 Å². The van der Waals surface area contributed by atoms with E-state index in [1.54, 1.807) is 0 Å². The molecule has 0 amide bonds. The molecule has 24 heavy (non-hydrogen) atoms. The fourth-order valence-corrected chi connectivity index (χ4v) is 10.5. The summed E-state index contributed by atoms with van der Waals surface area (Å²) in [6, 6.07) is 24.3. The zero-order valence-electron chi connectivity index (χ0n) is 14.7. The Morgan fingerprint density at radius 1 is 0.583 bits per heavy atom. The van der Waals surface area contributed by atoms with E-state index in [1.165, 1.54) is 38.3 Å². The van der Waals surface area contributed by atoms with Crippen LogP contribution in [0, 0.1) is 13.8 Å². The fraction of sp³-hybridized carbons (Fsp3) is 0.182. The molecule has 3 rings (SSSR count). The van der Waals surface area contributed by atoms with Crippen molar-refractivity contribution in [1.82, 2.24) is 0 Å². The van der Waals surface area contributed by atoms with Gasteiger partial charge < -0.3 is 0 Å². The summed E-state index contributed by atoms with van der Waals surface area (Å²) in [5.41, 5.74) is 8.20. The Hall–Kier alpha value is -1.11. The first kappa shape index (κ1) is 17.7. The molecular formula is C22H23BiS. The van der Waals surface area contributed by atoms with Crippen LogP contribution in [-0.2, 0) is 0 Å². The van der Waals surface area contributed by atoms with E-state index < -0.39 is 20.3 Å². The Kier molecular flexibility index (Phi) is 5.79. The van der Waals surface area contributed by atoms with E-state index in [4.69, 9.17) is 0 Å². The Morgan fingerprint density at radius 2 is 1.00 bits per heavy atom. The van der Waals surface area contributed by atoms with Gasteiger partial charge >= 0.3 is 157 Å². The first-order valence-electron chi connectivity index (χ1n) is 8.18. The average molecular weight is 528 g/mol. The zero-order chi connectivity index (χ0) is 17.1. The molecule has 0 saturated heterocycles. The molecule has 0 aliphatic rings. The topological polar surface area (TPSA) is 0 Å². The Balaban J connectivity index is 2.26. The molecule has 0 fully saturated rings. The summed E-state index contributed by atoms with van der Waals surface area (Å²) in [4.78, 5) is 1.48. The zero-order valence-corrected chi connectivity index (χ0v) is 19.0. The molecular weight excluding hydrogens is 505 g/mol. The SMILES string of the molecule is Cc1ccccc1-c1cccc(-c2ccccc2C)c1[S][Bi]([CH3])[CH3]. The van der Waals surface area contributed by atoms with Gasteiger partial charge in [0.25, 0.3) is 0 Å². The van der Waals surface area contributed by atoms with Crippen molar-refractivity contribution in [2.24, 2.45) is 0 Å².